The number of aliphatic hydroxyl groups is 4. The average molecular weight is 956 g/mol. The van der Waals surface area contributed by atoms with E-state index >= 15 is 4.79 Å². The Bertz CT molecular complexity index is 2510. The topological polar surface area (TPSA) is 268 Å². The van der Waals surface area contributed by atoms with Crippen molar-refractivity contribution in [3.8, 4) is 0 Å². The number of Topliss-reactive ketones (excluding diaryl/α,β-unsaturated/α-hetero) is 1. The maximum absolute atomic E-state index is 16.0. The summed E-state index contributed by atoms with van der Waals surface area (Å²) >= 11 is 0. The van der Waals surface area contributed by atoms with E-state index < -0.39 is 144 Å². The number of ketones is 1. The summed E-state index contributed by atoms with van der Waals surface area (Å²) in [6.45, 7) is 8.59. The van der Waals surface area contributed by atoms with Gasteiger partial charge in [0.1, 0.15) is 30.0 Å². The van der Waals surface area contributed by atoms with Gasteiger partial charge < -0.3 is 54.2 Å². The predicted octanol–water partition coefficient (Wildman–Crippen LogP) is 3.23. The van der Waals surface area contributed by atoms with Crippen LogP contribution in [0.15, 0.2) is 102 Å². The third-order valence-electron chi connectivity index (χ3n) is 14.5. The highest BCUT2D eigenvalue weighted by molar-refractivity contribution is 5.98. The molecular weight excluding hydrogens is 899 g/mol. The van der Waals surface area contributed by atoms with E-state index in [1.165, 1.54) is 39.8 Å². The van der Waals surface area contributed by atoms with Gasteiger partial charge in [0.2, 0.25) is 6.29 Å². The number of aliphatic hydroxyl groups excluding tert-OH is 3. The molecule has 3 unspecified atom stereocenters. The highest BCUT2D eigenvalue weighted by atomic mass is 16.7. The van der Waals surface area contributed by atoms with Crippen LogP contribution in [-0.4, -0.2) is 123 Å². The largest absolute Gasteiger partial charge is 0.456 e. The standard InChI is InChI=1S/C51H57NO17/c1-26-34(66-47(62)38(56)37(30-17-11-8-12-18-30)52-43(58)31-19-13-9-14-20-31)24-51(63)42(67-45(60)32-21-15-10-16-22-32)40-49(7,41(57)39(65-28(3)54)36(26)48(51,5)6)33(46(61)68-44(59)27(2)53)23-35-50(40,25-64-35)69-29(4)55/h8-22,27,33-35,37-40,42,44,53,56,59,63H,23-25H2,1-7H3,(H,52,58)/t27?,33-,34+,35-,37+,38-,39-,40?,42+,44?,49-,50+,51-/m1/s1. The van der Waals surface area contributed by atoms with E-state index in [1.807, 2.05) is 0 Å². The third kappa shape index (κ3) is 8.95. The van der Waals surface area contributed by atoms with Crippen LogP contribution in [0.2, 0.25) is 0 Å². The Morgan fingerprint density at radius 3 is 1.91 bits per heavy atom. The van der Waals surface area contributed by atoms with E-state index in [2.05, 4.69) is 5.32 Å². The van der Waals surface area contributed by atoms with E-state index in [4.69, 9.17) is 28.4 Å². The van der Waals surface area contributed by atoms with Crippen LogP contribution in [0.25, 0.3) is 0 Å². The number of benzene rings is 3. The molecule has 69 heavy (non-hydrogen) atoms. The molecule has 3 aliphatic carbocycles. The zero-order chi connectivity index (χ0) is 50.4. The molecule has 1 aliphatic heterocycles. The lowest BCUT2D eigenvalue weighted by atomic mass is 9.43. The molecule has 368 valence electrons. The number of esters is 5. The number of hydrogen-bond donors (Lipinski definition) is 5. The van der Waals surface area contributed by atoms with Gasteiger partial charge in [0.05, 0.1) is 35.5 Å². The number of amides is 1. The number of carbonyl (C=O) groups is 7. The van der Waals surface area contributed by atoms with Crippen LogP contribution in [0.1, 0.15) is 93.6 Å². The molecule has 3 fully saturated rings. The fraction of sp³-hybridized carbons (Fsp3) is 0.471. The van der Waals surface area contributed by atoms with Crippen molar-refractivity contribution in [1.82, 2.24) is 5.32 Å². The van der Waals surface area contributed by atoms with Gasteiger partial charge in [0.15, 0.2) is 23.6 Å². The minimum Gasteiger partial charge on any atom is -0.456 e. The second-order valence-electron chi connectivity index (χ2n) is 19.0. The molecule has 18 nitrogen and oxygen atoms in total. The van der Waals surface area contributed by atoms with Gasteiger partial charge in [-0.15, -0.1) is 0 Å². The van der Waals surface area contributed by atoms with Crippen LogP contribution in [0.4, 0.5) is 0 Å². The van der Waals surface area contributed by atoms with Crippen molar-refractivity contribution in [2.24, 2.45) is 22.7 Å². The fourth-order valence-electron chi connectivity index (χ4n) is 10.9. The fourth-order valence-corrected chi connectivity index (χ4v) is 10.9. The van der Waals surface area contributed by atoms with Crippen LogP contribution < -0.4 is 5.32 Å². The van der Waals surface area contributed by atoms with E-state index in [0.29, 0.717) is 5.56 Å². The van der Waals surface area contributed by atoms with Crippen molar-refractivity contribution >= 4 is 41.5 Å². The minimum atomic E-state index is -2.55. The highest BCUT2D eigenvalue weighted by Crippen LogP contribution is 2.66. The van der Waals surface area contributed by atoms with E-state index in [9.17, 15) is 49.2 Å². The van der Waals surface area contributed by atoms with Crippen molar-refractivity contribution in [2.45, 2.75) is 121 Å². The molecule has 3 aromatic carbocycles. The molecule has 1 heterocycles. The molecule has 2 bridgehead atoms. The van der Waals surface area contributed by atoms with Gasteiger partial charge in [-0.1, -0.05) is 87.5 Å². The van der Waals surface area contributed by atoms with Crippen molar-refractivity contribution in [3.63, 3.8) is 0 Å². The second kappa shape index (κ2) is 19.2. The van der Waals surface area contributed by atoms with Crippen LogP contribution in [0, 0.1) is 22.7 Å². The minimum absolute atomic E-state index is 0.0140. The highest BCUT2D eigenvalue weighted by Gasteiger charge is 2.79. The molecule has 2 saturated carbocycles. The molecule has 0 spiro atoms. The number of nitrogens with one attached hydrogen (secondary N) is 1. The molecule has 0 radical (unpaired) electrons. The lowest BCUT2D eigenvalue weighted by Gasteiger charge is -2.67. The van der Waals surface area contributed by atoms with Gasteiger partial charge in [0, 0.05) is 31.2 Å². The summed E-state index contributed by atoms with van der Waals surface area (Å²) in [5, 5.41) is 49.3. The predicted molar refractivity (Wildman–Crippen MR) is 239 cm³/mol. The first-order valence-electron chi connectivity index (χ1n) is 22.6. The van der Waals surface area contributed by atoms with Crippen LogP contribution in [0.3, 0.4) is 0 Å². The van der Waals surface area contributed by atoms with Gasteiger partial charge in [-0.05, 0) is 61.2 Å². The van der Waals surface area contributed by atoms with E-state index in [0.717, 1.165) is 20.8 Å². The lowest BCUT2D eigenvalue weighted by molar-refractivity contribution is -0.340. The smallest absolute Gasteiger partial charge is 0.338 e. The van der Waals surface area contributed by atoms with Gasteiger partial charge >= 0.3 is 29.8 Å². The monoisotopic (exact) mass is 955 g/mol. The summed E-state index contributed by atoms with van der Waals surface area (Å²) in [5.74, 6) is -10.5. The van der Waals surface area contributed by atoms with Gasteiger partial charge in [-0.2, -0.15) is 0 Å². The molecule has 13 atom stereocenters. The molecule has 1 amide bonds. The second-order valence-corrected chi connectivity index (χ2v) is 19.0. The van der Waals surface area contributed by atoms with Gasteiger partial charge in [-0.3, -0.25) is 24.0 Å². The molecule has 0 aromatic heterocycles. The zero-order valence-corrected chi connectivity index (χ0v) is 39.2. The first kappa shape index (κ1) is 50.6. The van der Waals surface area contributed by atoms with E-state index in [-0.39, 0.29) is 22.3 Å². The van der Waals surface area contributed by atoms with Crippen LogP contribution >= 0.6 is 0 Å². The molecule has 7 rings (SSSR count). The van der Waals surface area contributed by atoms with Crippen molar-refractivity contribution in [2.75, 3.05) is 6.61 Å². The summed E-state index contributed by atoms with van der Waals surface area (Å²) in [4.78, 5) is 99.5. The number of hydrogen-bond acceptors (Lipinski definition) is 17. The lowest BCUT2D eigenvalue weighted by Crippen LogP contribution is -2.81. The average Bonchev–Trinajstić information content (AvgIpc) is 3.30. The molecule has 5 N–H and O–H groups in total. The first-order valence-corrected chi connectivity index (χ1v) is 22.6. The Hall–Kier alpha value is -6.31. The van der Waals surface area contributed by atoms with Gasteiger partial charge in [0.25, 0.3) is 5.91 Å². The number of carbonyl (C=O) groups excluding carboxylic acids is 7. The maximum atomic E-state index is 16.0. The number of ether oxygens (including phenoxy) is 6. The summed E-state index contributed by atoms with van der Waals surface area (Å²) in [6, 6.07) is 22.4. The SMILES string of the molecule is CC(=O)O[C@H]1C(=O)[C@@]2(C)C([C@H](OC(=O)c3ccccc3)[C@]3(O)C[C@H](OC(=O)[C@H](O)[C@@H](NC(=O)c4ccccc4)c4ccccc4)C(C)=C1C3(C)C)[C@]1(OC(C)=O)CO[C@@H]1C[C@@H]2C(=O)OC(O)C(C)O. The van der Waals surface area contributed by atoms with Crippen LogP contribution in [0.5, 0.6) is 0 Å². The van der Waals surface area contributed by atoms with Crippen molar-refractivity contribution in [3.05, 3.63) is 119 Å². The Morgan fingerprint density at radius 1 is 0.797 bits per heavy atom. The third-order valence-corrected chi connectivity index (χ3v) is 14.5. The summed E-state index contributed by atoms with van der Waals surface area (Å²) < 4.78 is 35.9. The van der Waals surface area contributed by atoms with E-state index in [1.54, 1.807) is 78.9 Å². The quantitative estimate of drug-likeness (QED) is 0.0712. The Kier molecular flexibility index (Phi) is 14.1. The van der Waals surface area contributed by atoms with Crippen molar-refractivity contribution in [1.29, 1.82) is 0 Å². The summed E-state index contributed by atoms with van der Waals surface area (Å²) in [5.41, 5.74) is -8.14. The first-order chi connectivity index (χ1) is 32.5. The zero-order valence-electron chi connectivity index (χ0n) is 39.2. The molecule has 18 heteroatoms. The van der Waals surface area contributed by atoms with Crippen LogP contribution in [-0.2, 0) is 52.4 Å². The Balaban J connectivity index is 1.43. The number of fused-ring (bicyclic) bond motifs is 5. The van der Waals surface area contributed by atoms with Crippen molar-refractivity contribution < 1.29 is 82.4 Å². The summed E-state index contributed by atoms with van der Waals surface area (Å²) in [6.07, 6.45) is -13.7. The molecular formula is C51H57NO17. The molecule has 3 aromatic rings. The maximum Gasteiger partial charge on any atom is 0.338 e. The normalized spacial score (nSPS) is 30.7. The summed E-state index contributed by atoms with van der Waals surface area (Å²) in [7, 11) is 0. The van der Waals surface area contributed by atoms with Gasteiger partial charge in [-0.25, -0.2) is 9.59 Å². The molecule has 4 aliphatic rings. The Morgan fingerprint density at radius 2 is 1.38 bits per heavy atom. The molecule has 1 saturated heterocycles. The number of rotatable bonds is 13. The Labute approximate surface area is 397 Å².